The van der Waals surface area contributed by atoms with Gasteiger partial charge in [-0.25, -0.2) is 9.78 Å². The van der Waals surface area contributed by atoms with Crippen molar-refractivity contribution in [3.8, 4) is 23.6 Å². The maximum absolute atomic E-state index is 10.9. The van der Waals surface area contributed by atoms with E-state index in [0.717, 1.165) is 5.56 Å². The molecule has 5 nitrogen and oxygen atoms in total. The largest absolute Gasteiger partial charge is 0.478 e. The molecule has 0 aliphatic heterocycles. The van der Waals surface area contributed by atoms with E-state index in [0.29, 0.717) is 11.4 Å². The molecule has 0 saturated carbocycles. The highest BCUT2D eigenvalue weighted by Gasteiger charge is 2.10. The molecule has 2 heterocycles. The molecule has 0 bridgehead atoms. The van der Waals surface area contributed by atoms with Gasteiger partial charge in [-0.3, -0.25) is 4.68 Å². The van der Waals surface area contributed by atoms with Crippen molar-refractivity contribution in [3.05, 3.63) is 35.8 Å². The summed E-state index contributed by atoms with van der Waals surface area (Å²) in [5, 5.41) is 13.0. The summed E-state index contributed by atoms with van der Waals surface area (Å²) in [7, 11) is 1.77. The molecular formula is C12H9N3O2. The zero-order chi connectivity index (χ0) is 12.4. The molecule has 0 aliphatic carbocycles. The molecule has 0 amide bonds. The molecule has 1 N–H and O–H groups in total. The SMILES string of the molecule is C#Cc1cc(C(=O)O)cc(-c2cnn(C)c2)n1. The van der Waals surface area contributed by atoms with Crippen LogP contribution in [0.3, 0.4) is 0 Å². The second-order valence-electron chi connectivity index (χ2n) is 3.48. The Morgan fingerprint density at radius 3 is 2.82 bits per heavy atom. The van der Waals surface area contributed by atoms with E-state index in [1.165, 1.54) is 12.1 Å². The van der Waals surface area contributed by atoms with Gasteiger partial charge in [0.25, 0.3) is 0 Å². The molecule has 2 rings (SSSR count). The molecule has 17 heavy (non-hydrogen) atoms. The third-order valence-electron chi connectivity index (χ3n) is 2.22. The number of terminal acetylenes is 1. The molecule has 0 fully saturated rings. The van der Waals surface area contributed by atoms with E-state index < -0.39 is 5.97 Å². The van der Waals surface area contributed by atoms with Gasteiger partial charge in [0.15, 0.2) is 0 Å². The van der Waals surface area contributed by atoms with Crippen LogP contribution in [0.1, 0.15) is 16.1 Å². The third kappa shape index (κ3) is 2.16. The fourth-order valence-corrected chi connectivity index (χ4v) is 1.43. The van der Waals surface area contributed by atoms with Crippen LogP contribution in [-0.2, 0) is 7.05 Å². The minimum atomic E-state index is -1.03. The van der Waals surface area contributed by atoms with Gasteiger partial charge in [-0.1, -0.05) is 5.92 Å². The van der Waals surface area contributed by atoms with Crippen molar-refractivity contribution in [3.63, 3.8) is 0 Å². The highest BCUT2D eigenvalue weighted by atomic mass is 16.4. The van der Waals surface area contributed by atoms with Gasteiger partial charge in [0, 0.05) is 18.8 Å². The molecule has 0 radical (unpaired) electrons. The zero-order valence-electron chi connectivity index (χ0n) is 9.08. The Labute approximate surface area is 97.7 Å². The van der Waals surface area contributed by atoms with Crippen molar-refractivity contribution < 1.29 is 9.90 Å². The number of pyridine rings is 1. The molecule has 0 saturated heterocycles. The van der Waals surface area contributed by atoms with Crippen molar-refractivity contribution in [2.24, 2.45) is 7.05 Å². The standard InChI is InChI=1S/C12H9N3O2/c1-3-10-4-8(12(16)17)5-11(14-10)9-6-13-15(2)7-9/h1,4-7H,2H3,(H,16,17). The average Bonchev–Trinajstić information content (AvgIpc) is 2.75. The van der Waals surface area contributed by atoms with Gasteiger partial charge in [-0.2, -0.15) is 5.10 Å². The van der Waals surface area contributed by atoms with Crippen LogP contribution in [0, 0.1) is 12.3 Å². The van der Waals surface area contributed by atoms with Crippen molar-refractivity contribution in [2.75, 3.05) is 0 Å². The number of nitrogens with zero attached hydrogens (tertiary/aromatic N) is 3. The lowest BCUT2D eigenvalue weighted by molar-refractivity contribution is 0.0696. The van der Waals surface area contributed by atoms with E-state index >= 15 is 0 Å². The molecule has 84 valence electrons. The Morgan fingerprint density at radius 1 is 1.53 bits per heavy atom. The van der Waals surface area contributed by atoms with Crippen LogP contribution in [0.4, 0.5) is 0 Å². The quantitative estimate of drug-likeness (QED) is 0.782. The lowest BCUT2D eigenvalue weighted by atomic mass is 10.1. The Kier molecular flexibility index (Phi) is 2.63. The number of carboxylic acid groups (broad SMARTS) is 1. The van der Waals surface area contributed by atoms with Crippen molar-refractivity contribution in [1.29, 1.82) is 0 Å². The number of rotatable bonds is 2. The first-order valence-electron chi connectivity index (χ1n) is 4.81. The fraction of sp³-hybridized carbons (Fsp3) is 0.0833. The third-order valence-corrected chi connectivity index (χ3v) is 2.22. The topological polar surface area (TPSA) is 68.0 Å². The van der Waals surface area contributed by atoms with E-state index in [4.69, 9.17) is 11.5 Å². The van der Waals surface area contributed by atoms with Gasteiger partial charge in [0.2, 0.25) is 0 Å². The Balaban J connectivity index is 2.58. The number of carbonyl (C=O) groups is 1. The minimum Gasteiger partial charge on any atom is -0.478 e. The second kappa shape index (κ2) is 4.10. The van der Waals surface area contributed by atoms with Gasteiger partial charge < -0.3 is 5.11 Å². The van der Waals surface area contributed by atoms with Crippen LogP contribution in [0.15, 0.2) is 24.5 Å². The summed E-state index contributed by atoms with van der Waals surface area (Å²) in [4.78, 5) is 15.1. The molecule has 2 aromatic rings. The smallest absolute Gasteiger partial charge is 0.335 e. The highest BCUT2D eigenvalue weighted by Crippen LogP contribution is 2.18. The van der Waals surface area contributed by atoms with Crippen LogP contribution in [-0.4, -0.2) is 25.8 Å². The average molecular weight is 227 g/mol. The van der Waals surface area contributed by atoms with E-state index in [9.17, 15) is 4.79 Å². The van der Waals surface area contributed by atoms with E-state index in [1.54, 1.807) is 24.1 Å². The highest BCUT2D eigenvalue weighted by molar-refractivity contribution is 5.89. The molecule has 0 aromatic carbocycles. The number of hydrogen-bond acceptors (Lipinski definition) is 3. The van der Waals surface area contributed by atoms with Crippen molar-refractivity contribution in [2.45, 2.75) is 0 Å². The molecule has 2 aromatic heterocycles. The van der Waals surface area contributed by atoms with E-state index in [1.807, 2.05) is 0 Å². The van der Waals surface area contributed by atoms with Gasteiger partial charge >= 0.3 is 5.97 Å². The summed E-state index contributed by atoms with van der Waals surface area (Å²) in [5.74, 6) is 1.30. The summed E-state index contributed by atoms with van der Waals surface area (Å²) in [6.07, 6.45) is 8.59. The predicted molar refractivity (Wildman–Crippen MR) is 61.3 cm³/mol. The van der Waals surface area contributed by atoms with Crippen LogP contribution < -0.4 is 0 Å². The molecule has 0 spiro atoms. The maximum atomic E-state index is 10.9. The first kappa shape index (κ1) is 10.9. The van der Waals surface area contributed by atoms with Crippen LogP contribution in [0.5, 0.6) is 0 Å². The number of aryl methyl sites for hydroxylation is 1. The molecule has 0 unspecified atom stereocenters. The lowest BCUT2D eigenvalue weighted by Gasteiger charge is -2.01. The number of aromatic nitrogens is 3. The number of aromatic carboxylic acids is 1. The predicted octanol–water partition coefficient (Wildman–Crippen LogP) is 1.16. The Hall–Kier alpha value is -2.61. The maximum Gasteiger partial charge on any atom is 0.335 e. The summed E-state index contributed by atoms with van der Waals surface area (Å²) >= 11 is 0. The van der Waals surface area contributed by atoms with Crippen LogP contribution >= 0.6 is 0 Å². The monoisotopic (exact) mass is 227 g/mol. The fourth-order valence-electron chi connectivity index (χ4n) is 1.43. The van der Waals surface area contributed by atoms with Gasteiger partial charge in [0.05, 0.1) is 17.5 Å². The molecule has 0 aliphatic rings. The molecule has 5 heteroatoms. The second-order valence-corrected chi connectivity index (χ2v) is 3.48. The number of hydrogen-bond donors (Lipinski definition) is 1. The van der Waals surface area contributed by atoms with Crippen LogP contribution in [0.2, 0.25) is 0 Å². The lowest BCUT2D eigenvalue weighted by Crippen LogP contribution is -1.99. The summed E-state index contributed by atoms with van der Waals surface area (Å²) in [5.41, 5.74) is 1.65. The van der Waals surface area contributed by atoms with Crippen molar-refractivity contribution in [1.82, 2.24) is 14.8 Å². The Bertz CT molecular complexity index is 623. The first-order chi connectivity index (χ1) is 8.10. The van der Waals surface area contributed by atoms with E-state index in [2.05, 4.69) is 16.0 Å². The summed E-state index contributed by atoms with van der Waals surface area (Å²) < 4.78 is 1.61. The van der Waals surface area contributed by atoms with Gasteiger partial charge in [-0.05, 0) is 12.1 Å². The van der Waals surface area contributed by atoms with E-state index in [-0.39, 0.29) is 5.56 Å². The molecule has 0 atom stereocenters. The van der Waals surface area contributed by atoms with Crippen LogP contribution in [0.25, 0.3) is 11.3 Å². The Morgan fingerprint density at radius 2 is 2.29 bits per heavy atom. The van der Waals surface area contributed by atoms with Crippen molar-refractivity contribution >= 4 is 5.97 Å². The first-order valence-corrected chi connectivity index (χ1v) is 4.81. The summed E-state index contributed by atoms with van der Waals surface area (Å²) in [6.45, 7) is 0. The normalized spacial score (nSPS) is 9.88. The zero-order valence-corrected chi connectivity index (χ0v) is 9.08. The van der Waals surface area contributed by atoms with Gasteiger partial charge in [-0.15, -0.1) is 6.42 Å². The molecular weight excluding hydrogens is 218 g/mol. The van der Waals surface area contributed by atoms with Gasteiger partial charge in [0.1, 0.15) is 5.69 Å². The summed E-state index contributed by atoms with van der Waals surface area (Å²) in [6, 6.07) is 2.84. The number of carboxylic acids is 1. The minimum absolute atomic E-state index is 0.117.